The molecule has 5 nitrogen and oxygen atoms in total. The van der Waals surface area contributed by atoms with Gasteiger partial charge in [0.1, 0.15) is 12.6 Å². The molecule has 1 aromatic carbocycles. The second kappa shape index (κ2) is 11.6. The minimum atomic E-state index is -0.489. The minimum Gasteiger partial charge on any atom is -0.464 e. The topological polar surface area (TPSA) is 55.8 Å². The van der Waals surface area contributed by atoms with Gasteiger partial charge in [0, 0.05) is 5.75 Å². The van der Waals surface area contributed by atoms with Gasteiger partial charge in [0.05, 0.1) is 18.6 Å². The zero-order valence-electron chi connectivity index (χ0n) is 17.4. The van der Waals surface area contributed by atoms with E-state index < -0.39 is 6.04 Å². The van der Waals surface area contributed by atoms with Gasteiger partial charge in [0.2, 0.25) is 5.91 Å². The van der Waals surface area contributed by atoms with E-state index in [0.29, 0.717) is 24.9 Å². The smallest absolute Gasteiger partial charge is 0.329 e. The average molecular weight is 420 g/mol. The van der Waals surface area contributed by atoms with Gasteiger partial charge in [-0.05, 0) is 30.7 Å². The molecule has 0 aromatic heterocycles. The Labute approximate surface area is 178 Å². The fourth-order valence-corrected chi connectivity index (χ4v) is 5.77. The molecule has 3 rings (SSSR count). The maximum absolute atomic E-state index is 13.1. The second-order valence-electron chi connectivity index (χ2n) is 7.94. The van der Waals surface area contributed by atoms with Gasteiger partial charge in [-0.3, -0.25) is 4.79 Å². The molecule has 2 aliphatic rings. The van der Waals surface area contributed by atoms with Crippen molar-refractivity contribution < 1.29 is 19.1 Å². The lowest BCUT2D eigenvalue weighted by atomic mass is 9.88. The summed E-state index contributed by atoms with van der Waals surface area (Å²) >= 11 is 1.74. The van der Waals surface area contributed by atoms with Gasteiger partial charge in [-0.25, -0.2) is 4.79 Å². The van der Waals surface area contributed by atoms with E-state index in [1.54, 1.807) is 16.7 Å². The lowest BCUT2D eigenvalue weighted by Crippen LogP contribution is -2.50. The Morgan fingerprint density at radius 1 is 1.14 bits per heavy atom. The van der Waals surface area contributed by atoms with Crippen LogP contribution in [0.5, 0.6) is 0 Å². The molecule has 0 bridgehead atoms. The first-order valence-electron chi connectivity index (χ1n) is 10.9. The molecule has 160 valence electrons. The van der Waals surface area contributed by atoms with Crippen molar-refractivity contribution >= 4 is 23.6 Å². The van der Waals surface area contributed by atoms with E-state index in [2.05, 4.69) is 6.92 Å². The number of nitrogens with zero attached hydrogens (tertiary/aromatic N) is 1. The van der Waals surface area contributed by atoms with Crippen molar-refractivity contribution in [1.82, 2.24) is 4.90 Å². The Hall–Kier alpha value is -1.53. The van der Waals surface area contributed by atoms with Crippen LogP contribution in [0.4, 0.5) is 0 Å². The normalized spacial score (nSPS) is 22.6. The predicted molar refractivity (Wildman–Crippen MR) is 115 cm³/mol. The van der Waals surface area contributed by atoms with Gasteiger partial charge in [-0.15, -0.1) is 11.8 Å². The molecule has 1 amide bonds. The molecular weight excluding hydrogens is 386 g/mol. The van der Waals surface area contributed by atoms with Crippen LogP contribution < -0.4 is 0 Å². The van der Waals surface area contributed by atoms with Gasteiger partial charge >= 0.3 is 5.97 Å². The molecule has 1 saturated heterocycles. The van der Waals surface area contributed by atoms with Gasteiger partial charge in [-0.1, -0.05) is 62.9 Å². The summed E-state index contributed by atoms with van der Waals surface area (Å²) in [5.41, 5.74) is 1.04. The summed E-state index contributed by atoms with van der Waals surface area (Å²) in [6.07, 6.45) is 7.78. The van der Waals surface area contributed by atoms with Crippen LogP contribution in [0, 0.1) is 5.92 Å². The SMILES string of the molecule is CCCCOC(=O)[C@@H]1CS[C@H](C2CCCCC2)N1C(=O)COCc1ccccc1. The van der Waals surface area contributed by atoms with Crippen LogP contribution in [0.25, 0.3) is 0 Å². The molecule has 1 heterocycles. The molecule has 6 heteroatoms. The first kappa shape index (κ1) is 22.2. The van der Waals surface area contributed by atoms with E-state index >= 15 is 0 Å². The second-order valence-corrected chi connectivity index (χ2v) is 9.09. The average Bonchev–Trinajstić information content (AvgIpc) is 3.20. The Morgan fingerprint density at radius 2 is 1.90 bits per heavy atom. The van der Waals surface area contributed by atoms with E-state index in [4.69, 9.17) is 9.47 Å². The van der Waals surface area contributed by atoms with E-state index in [1.807, 2.05) is 30.3 Å². The van der Waals surface area contributed by atoms with Crippen molar-refractivity contribution in [3.63, 3.8) is 0 Å². The van der Waals surface area contributed by atoms with Crippen molar-refractivity contribution in [3.8, 4) is 0 Å². The molecular formula is C23H33NO4S. The monoisotopic (exact) mass is 419 g/mol. The van der Waals surface area contributed by atoms with E-state index in [0.717, 1.165) is 31.2 Å². The molecule has 29 heavy (non-hydrogen) atoms. The Morgan fingerprint density at radius 3 is 2.62 bits per heavy atom. The summed E-state index contributed by atoms with van der Waals surface area (Å²) < 4.78 is 11.2. The highest BCUT2D eigenvalue weighted by Gasteiger charge is 2.45. The van der Waals surface area contributed by atoms with E-state index in [-0.39, 0.29) is 23.9 Å². The zero-order valence-corrected chi connectivity index (χ0v) is 18.2. The molecule has 1 aromatic rings. The Balaban J connectivity index is 1.63. The van der Waals surface area contributed by atoms with Crippen molar-refractivity contribution in [3.05, 3.63) is 35.9 Å². The molecule has 0 N–H and O–H groups in total. The number of amides is 1. The standard InChI is InChI=1S/C23H33NO4S/c1-2-3-14-28-23(26)20-17-29-22(19-12-8-5-9-13-19)24(20)21(25)16-27-15-18-10-6-4-7-11-18/h4,6-7,10-11,19-20,22H,2-3,5,8-9,12-17H2,1H3/t20-,22+/m0/s1. The van der Waals surface area contributed by atoms with Crippen molar-refractivity contribution in [2.45, 2.75) is 69.9 Å². The van der Waals surface area contributed by atoms with Crippen LogP contribution in [0.2, 0.25) is 0 Å². The summed E-state index contributed by atoms with van der Waals surface area (Å²) in [5, 5.41) is 0.0619. The quantitative estimate of drug-likeness (QED) is 0.439. The van der Waals surface area contributed by atoms with Crippen LogP contribution in [0.1, 0.15) is 57.4 Å². The third-order valence-electron chi connectivity index (χ3n) is 5.73. The molecule has 2 fully saturated rings. The van der Waals surface area contributed by atoms with Crippen LogP contribution in [-0.4, -0.2) is 47.2 Å². The molecule has 0 spiro atoms. The van der Waals surface area contributed by atoms with Crippen molar-refractivity contribution in [2.75, 3.05) is 19.0 Å². The summed E-state index contributed by atoms with van der Waals surface area (Å²) in [4.78, 5) is 27.6. The lowest BCUT2D eigenvalue weighted by molar-refractivity contribution is -0.156. The summed E-state index contributed by atoms with van der Waals surface area (Å²) in [5.74, 6) is 0.719. The number of unbranched alkanes of at least 4 members (excludes halogenated alkanes) is 1. The van der Waals surface area contributed by atoms with Gasteiger partial charge < -0.3 is 14.4 Å². The molecule has 1 saturated carbocycles. The van der Waals surface area contributed by atoms with E-state index in [9.17, 15) is 9.59 Å². The summed E-state index contributed by atoms with van der Waals surface area (Å²) in [6, 6.07) is 9.35. The fraction of sp³-hybridized carbons (Fsp3) is 0.652. The van der Waals surface area contributed by atoms with Crippen LogP contribution in [-0.2, 0) is 25.7 Å². The first-order chi connectivity index (χ1) is 14.2. The lowest BCUT2D eigenvalue weighted by Gasteiger charge is -2.35. The number of ether oxygens (including phenoxy) is 2. The van der Waals surface area contributed by atoms with Gasteiger partial charge in [0.15, 0.2) is 0 Å². The molecule has 0 unspecified atom stereocenters. The molecule has 2 atom stereocenters. The van der Waals surface area contributed by atoms with Crippen LogP contribution >= 0.6 is 11.8 Å². The number of benzene rings is 1. The van der Waals surface area contributed by atoms with Gasteiger partial charge in [-0.2, -0.15) is 0 Å². The largest absolute Gasteiger partial charge is 0.464 e. The van der Waals surface area contributed by atoms with Crippen molar-refractivity contribution in [1.29, 1.82) is 0 Å². The van der Waals surface area contributed by atoms with Crippen molar-refractivity contribution in [2.24, 2.45) is 5.92 Å². The number of thioether (sulfide) groups is 1. The number of hydrogen-bond acceptors (Lipinski definition) is 5. The third kappa shape index (κ3) is 6.22. The predicted octanol–water partition coefficient (Wildman–Crippen LogP) is 4.40. The fourth-order valence-electron chi connectivity index (χ4n) is 4.13. The highest BCUT2D eigenvalue weighted by atomic mass is 32.2. The number of carbonyl (C=O) groups is 2. The number of carbonyl (C=O) groups excluding carboxylic acids is 2. The van der Waals surface area contributed by atoms with E-state index in [1.165, 1.54) is 19.3 Å². The molecule has 1 aliphatic heterocycles. The van der Waals surface area contributed by atoms with Crippen LogP contribution in [0.15, 0.2) is 30.3 Å². The highest BCUT2D eigenvalue weighted by molar-refractivity contribution is 8.00. The molecule has 0 radical (unpaired) electrons. The maximum Gasteiger partial charge on any atom is 0.329 e. The highest BCUT2D eigenvalue weighted by Crippen LogP contribution is 2.40. The summed E-state index contributed by atoms with van der Waals surface area (Å²) in [7, 11) is 0. The van der Waals surface area contributed by atoms with Crippen LogP contribution in [0.3, 0.4) is 0 Å². The summed E-state index contributed by atoms with van der Waals surface area (Å²) in [6.45, 7) is 2.89. The number of hydrogen-bond donors (Lipinski definition) is 0. The van der Waals surface area contributed by atoms with Gasteiger partial charge in [0.25, 0.3) is 0 Å². The maximum atomic E-state index is 13.1. The zero-order chi connectivity index (χ0) is 20.5. The Kier molecular flexibility index (Phi) is 8.87. The number of rotatable bonds is 9. The third-order valence-corrected chi connectivity index (χ3v) is 7.19. The molecule has 1 aliphatic carbocycles. The number of esters is 1. The first-order valence-corrected chi connectivity index (χ1v) is 12.0. The minimum absolute atomic E-state index is 0.00257. The Bertz CT molecular complexity index is 648.